The highest BCUT2D eigenvalue weighted by Crippen LogP contribution is 2.16. The standard InChI is InChI=1S/C21H21N3O3S/c1-2-15-5-3-4-6-19(15)24-20(25)11-22-21(26)16-7-9-18(10-8-16)27-12-17-13-28-14-23-17/h3-10,13-14H,2,11-12H2,1H3,(H,22,26)(H,24,25). The lowest BCUT2D eigenvalue weighted by Crippen LogP contribution is -2.33. The summed E-state index contributed by atoms with van der Waals surface area (Å²) in [6, 6.07) is 14.4. The second kappa shape index (κ2) is 9.66. The van der Waals surface area contributed by atoms with Gasteiger partial charge in [0.2, 0.25) is 5.91 Å². The zero-order chi connectivity index (χ0) is 19.8. The largest absolute Gasteiger partial charge is 0.487 e. The minimum absolute atomic E-state index is 0.0983. The molecule has 0 fully saturated rings. The van der Waals surface area contributed by atoms with E-state index < -0.39 is 0 Å². The highest BCUT2D eigenvalue weighted by atomic mass is 32.1. The first-order valence-corrected chi connectivity index (χ1v) is 9.86. The Bertz CT molecular complexity index is 924. The Hall–Kier alpha value is -3.19. The molecular weight excluding hydrogens is 374 g/mol. The van der Waals surface area contributed by atoms with Crippen molar-refractivity contribution < 1.29 is 14.3 Å². The molecule has 0 saturated carbocycles. The summed E-state index contributed by atoms with van der Waals surface area (Å²) >= 11 is 1.51. The molecule has 0 saturated heterocycles. The maximum Gasteiger partial charge on any atom is 0.251 e. The number of aryl methyl sites for hydroxylation is 1. The fourth-order valence-corrected chi connectivity index (χ4v) is 3.12. The molecule has 2 amide bonds. The number of anilines is 1. The number of benzene rings is 2. The molecule has 0 aliphatic rings. The average Bonchev–Trinajstić information content (AvgIpc) is 3.25. The number of ether oxygens (including phenoxy) is 1. The Morgan fingerprint density at radius 3 is 2.61 bits per heavy atom. The quantitative estimate of drug-likeness (QED) is 0.610. The zero-order valence-corrected chi connectivity index (χ0v) is 16.3. The van der Waals surface area contributed by atoms with Crippen molar-refractivity contribution in [3.63, 3.8) is 0 Å². The van der Waals surface area contributed by atoms with Gasteiger partial charge in [-0.15, -0.1) is 11.3 Å². The molecule has 0 bridgehead atoms. The average molecular weight is 395 g/mol. The molecule has 0 radical (unpaired) electrons. The van der Waals surface area contributed by atoms with E-state index in [0.29, 0.717) is 17.9 Å². The summed E-state index contributed by atoms with van der Waals surface area (Å²) in [4.78, 5) is 28.5. The highest BCUT2D eigenvalue weighted by Gasteiger charge is 2.10. The van der Waals surface area contributed by atoms with E-state index in [-0.39, 0.29) is 18.4 Å². The number of aromatic nitrogens is 1. The molecule has 3 aromatic rings. The molecule has 2 aromatic carbocycles. The van der Waals surface area contributed by atoms with E-state index in [1.54, 1.807) is 29.8 Å². The number of nitrogens with one attached hydrogen (secondary N) is 2. The maximum atomic E-state index is 12.2. The first-order valence-electron chi connectivity index (χ1n) is 8.91. The molecule has 3 rings (SSSR count). The van der Waals surface area contributed by atoms with Gasteiger partial charge in [0.1, 0.15) is 12.4 Å². The third kappa shape index (κ3) is 5.40. The number of hydrogen-bond donors (Lipinski definition) is 2. The van der Waals surface area contributed by atoms with Crippen LogP contribution in [0.1, 0.15) is 28.5 Å². The second-order valence-electron chi connectivity index (χ2n) is 6.03. The number of rotatable bonds is 8. The monoisotopic (exact) mass is 395 g/mol. The molecule has 0 aliphatic heterocycles. The Labute approximate surface area is 167 Å². The fraction of sp³-hybridized carbons (Fsp3) is 0.190. The van der Waals surface area contributed by atoms with Crippen LogP contribution in [0.3, 0.4) is 0 Å². The van der Waals surface area contributed by atoms with Crippen molar-refractivity contribution in [2.45, 2.75) is 20.0 Å². The predicted molar refractivity (Wildman–Crippen MR) is 110 cm³/mol. The SMILES string of the molecule is CCc1ccccc1NC(=O)CNC(=O)c1ccc(OCc2cscn2)cc1. The van der Waals surface area contributed by atoms with E-state index >= 15 is 0 Å². The molecule has 28 heavy (non-hydrogen) atoms. The maximum absolute atomic E-state index is 12.2. The predicted octanol–water partition coefficient (Wildman–Crippen LogP) is 3.65. The van der Waals surface area contributed by atoms with Crippen molar-refractivity contribution in [3.05, 3.63) is 76.2 Å². The molecule has 144 valence electrons. The zero-order valence-electron chi connectivity index (χ0n) is 15.5. The molecule has 2 N–H and O–H groups in total. The van der Waals surface area contributed by atoms with Gasteiger partial charge < -0.3 is 15.4 Å². The molecule has 0 atom stereocenters. The van der Waals surface area contributed by atoms with E-state index in [4.69, 9.17) is 4.74 Å². The van der Waals surface area contributed by atoms with Crippen LogP contribution >= 0.6 is 11.3 Å². The van der Waals surface area contributed by atoms with Crippen LogP contribution in [0.2, 0.25) is 0 Å². The van der Waals surface area contributed by atoms with Crippen LogP contribution in [0.5, 0.6) is 5.75 Å². The lowest BCUT2D eigenvalue weighted by molar-refractivity contribution is -0.115. The van der Waals surface area contributed by atoms with E-state index in [1.165, 1.54) is 11.3 Å². The molecular formula is C21H21N3O3S. The smallest absolute Gasteiger partial charge is 0.251 e. The molecule has 6 nitrogen and oxygen atoms in total. The van der Waals surface area contributed by atoms with Crippen LogP contribution in [0.15, 0.2) is 59.4 Å². The van der Waals surface area contributed by atoms with Gasteiger partial charge in [-0.1, -0.05) is 25.1 Å². The molecule has 0 unspecified atom stereocenters. The molecule has 0 spiro atoms. The Morgan fingerprint density at radius 2 is 1.89 bits per heavy atom. The summed E-state index contributed by atoms with van der Waals surface area (Å²) < 4.78 is 5.62. The van der Waals surface area contributed by atoms with Crippen molar-refractivity contribution in [1.29, 1.82) is 0 Å². The number of nitrogens with zero attached hydrogens (tertiary/aromatic N) is 1. The van der Waals surface area contributed by atoms with Crippen LogP contribution in [0.4, 0.5) is 5.69 Å². The van der Waals surface area contributed by atoms with Crippen molar-refractivity contribution >= 4 is 28.8 Å². The third-order valence-corrected chi connectivity index (χ3v) is 4.70. The van der Waals surface area contributed by atoms with Gasteiger partial charge in [-0.05, 0) is 42.3 Å². The van der Waals surface area contributed by atoms with E-state index in [2.05, 4.69) is 15.6 Å². The summed E-state index contributed by atoms with van der Waals surface area (Å²) in [6.45, 7) is 2.31. The van der Waals surface area contributed by atoms with Gasteiger partial charge in [0.05, 0.1) is 17.7 Å². The van der Waals surface area contributed by atoms with Crippen LogP contribution in [-0.4, -0.2) is 23.3 Å². The number of hydrogen-bond acceptors (Lipinski definition) is 5. The number of thiazole rings is 1. The third-order valence-electron chi connectivity index (χ3n) is 4.07. The number of amides is 2. The van der Waals surface area contributed by atoms with Crippen LogP contribution in [-0.2, 0) is 17.8 Å². The normalized spacial score (nSPS) is 10.3. The van der Waals surface area contributed by atoms with Crippen LogP contribution in [0, 0.1) is 0 Å². The summed E-state index contributed by atoms with van der Waals surface area (Å²) in [5, 5.41) is 7.38. The molecule has 1 aromatic heterocycles. The van der Waals surface area contributed by atoms with Crippen LogP contribution < -0.4 is 15.4 Å². The second-order valence-corrected chi connectivity index (χ2v) is 6.75. The van der Waals surface area contributed by atoms with Crippen molar-refractivity contribution in [3.8, 4) is 5.75 Å². The molecule has 0 aliphatic carbocycles. The number of carbonyl (C=O) groups excluding carboxylic acids is 2. The summed E-state index contributed by atoms with van der Waals surface area (Å²) in [5.41, 5.74) is 4.90. The summed E-state index contributed by atoms with van der Waals surface area (Å²) in [6.07, 6.45) is 0.819. The van der Waals surface area contributed by atoms with Crippen molar-refractivity contribution in [2.75, 3.05) is 11.9 Å². The van der Waals surface area contributed by atoms with Gasteiger partial charge in [-0.3, -0.25) is 9.59 Å². The highest BCUT2D eigenvalue weighted by molar-refractivity contribution is 7.07. The Morgan fingerprint density at radius 1 is 1.11 bits per heavy atom. The first-order chi connectivity index (χ1) is 13.7. The molecule has 1 heterocycles. The number of carbonyl (C=O) groups is 2. The topological polar surface area (TPSA) is 80.3 Å². The van der Waals surface area contributed by atoms with Crippen LogP contribution in [0.25, 0.3) is 0 Å². The summed E-state index contributed by atoms with van der Waals surface area (Å²) in [5.74, 6) is 0.0703. The van der Waals surface area contributed by atoms with Gasteiger partial charge in [0.25, 0.3) is 5.91 Å². The van der Waals surface area contributed by atoms with E-state index in [0.717, 1.165) is 23.4 Å². The minimum atomic E-state index is -0.315. The minimum Gasteiger partial charge on any atom is -0.487 e. The van der Waals surface area contributed by atoms with Gasteiger partial charge in [-0.25, -0.2) is 4.98 Å². The first kappa shape index (κ1) is 19.6. The van der Waals surface area contributed by atoms with Gasteiger partial charge in [0, 0.05) is 16.6 Å². The van der Waals surface area contributed by atoms with E-state index in [9.17, 15) is 9.59 Å². The lowest BCUT2D eigenvalue weighted by Gasteiger charge is -2.10. The molecule has 7 heteroatoms. The Kier molecular flexibility index (Phi) is 6.75. The summed E-state index contributed by atoms with van der Waals surface area (Å²) in [7, 11) is 0. The van der Waals surface area contributed by atoms with Crippen molar-refractivity contribution in [2.24, 2.45) is 0 Å². The number of para-hydroxylation sites is 1. The van der Waals surface area contributed by atoms with Gasteiger partial charge >= 0.3 is 0 Å². The van der Waals surface area contributed by atoms with Gasteiger partial charge in [0.15, 0.2) is 0 Å². The van der Waals surface area contributed by atoms with Gasteiger partial charge in [-0.2, -0.15) is 0 Å². The lowest BCUT2D eigenvalue weighted by atomic mass is 10.1. The van der Waals surface area contributed by atoms with E-state index in [1.807, 2.05) is 36.6 Å². The van der Waals surface area contributed by atoms with Crippen molar-refractivity contribution in [1.82, 2.24) is 10.3 Å². The Balaban J connectivity index is 1.48. The fourth-order valence-electron chi connectivity index (χ4n) is 2.58.